The molecular weight excluding hydrogens is 302 g/mol. The van der Waals surface area contributed by atoms with Crippen molar-refractivity contribution in [3.05, 3.63) is 65.2 Å². The summed E-state index contributed by atoms with van der Waals surface area (Å²) in [6.45, 7) is 6.26. The van der Waals surface area contributed by atoms with Gasteiger partial charge in [0.05, 0.1) is 6.04 Å². The van der Waals surface area contributed by atoms with Gasteiger partial charge in [0.25, 0.3) is 0 Å². The van der Waals surface area contributed by atoms with Crippen LogP contribution in [0, 0.1) is 13.8 Å². The van der Waals surface area contributed by atoms with Crippen molar-refractivity contribution in [3.63, 3.8) is 0 Å². The van der Waals surface area contributed by atoms with Gasteiger partial charge in [0.1, 0.15) is 0 Å². The molecule has 122 valence electrons. The third kappa shape index (κ3) is 5.76. The predicted octanol–water partition coefficient (Wildman–Crippen LogP) is 5.05. The molecule has 0 saturated carbocycles. The summed E-state index contributed by atoms with van der Waals surface area (Å²) in [5.41, 5.74) is 3.68. The van der Waals surface area contributed by atoms with Crippen molar-refractivity contribution in [2.45, 2.75) is 44.6 Å². The van der Waals surface area contributed by atoms with Crippen LogP contribution in [0.2, 0.25) is 0 Å². The molecule has 0 aromatic heterocycles. The Balaban J connectivity index is 1.80. The molecule has 0 heterocycles. The molecule has 1 amide bonds. The second-order valence-corrected chi connectivity index (χ2v) is 7.02. The van der Waals surface area contributed by atoms with Crippen LogP contribution in [-0.2, 0) is 4.79 Å². The van der Waals surface area contributed by atoms with E-state index in [-0.39, 0.29) is 11.9 Å². The molecule has 0 aliphatic rings. The fraction of sp³-hybridized carbons (Fsp3) is 0.350. The average molecular weight is 327 g/mol. The van der Waals surface area contributed by atoms with Gasteiger partial charge in [-0.05, 0) is 38.0 Å². The predicted molar refractivity (Wildman–Crippen MR) is 98.9 cm³/mol. The molecule has 2 aromatic rings. The van der Waals surface area contributed by atoms with E-state index in [9.17, 15) is 4.79 Å². The van der Waals surface area contributed by atoms with Gasteiger partial charge in [-0.2, -0.15) is 0 Å². The summed E-state index contributed by atoms with van der Waals surface area (Å²) in [5.74, 6) is 0.927. The third-order valence-corrected chi connectivity index (χ3v) is 4.86. The minimum Gasteiger partial charge on any atom is -0.349 e. The van der Waals surface area contributed by atoms with Crippen molar-refractivity contribution >= 4 is 17.7 Å². The first-order chi connectivity index (χ1) is 11.1. The molecule has 0 fully saturated rings. The van der Waals surface area contributed by atoms with Crippen molar-refractivity contribution in [2.75, 3.05) is 5.75 Å². The van der Waals surface area contributed by atoms with Crippen molar-refractivity contribution < 1.29 is 4.79 Å². The normalized spacial score (nSPS) is 12.0. The van der Waals surface area contributed by atoms with Crippen LogP contribution in [0.4, 0.5) is 0 Å². The number of benzene rings is 2. The Morgan fingerprint density at radius 2 is 1.57 bits per heavy atom. The van der Waals surface area contributed by atoms with Crippen molar-refractivity contribution in [3.8, 4) is 0 Å². The van der Waals surface area contributed by atoms with Crippen LogP contribution in [-0.4, -0.2) is 11.7 Å². The molecule has 23 heavy (non-hydrogen) atoms. The van der Waals surface area contributed by atoms with Gasteiger partial charge in [-0.1, -0.05) is 54.4 Å². The third-order valence-electron chi connectivity index (χ3n) is 3.84. The summed E-state index contributed by atoms with van der Waals surface area (Å²) in [4.78, 5) is 13.4. The Kier molecular flexibility index (Phi) is 6.72. The highest BCUT2D eigenvalue weighted by atomic mass is 32.2. The van der Waals surface area contributed by atoms with Crippen LogP contribution in [0.15, 0.2) is 53.4 Å². The molecule has 1 N–H and O–H groups in total. The maximum Gasteiger partial charge on any atom is 0.221 e. The quantitative estimate of drug-likeness (QED) is 0.721. The molecular formula is C20H25NOS. The lowest BCUT2D eigenvalue weighted by molar-refractivity contribution is -0.121. The van der Waals surface area contributed by atoms with Gasteiger partial charge in [0.15, 0.2) is 0 Å². The molecule has 1 unspecified atom stereocenters. The lowest BCUT2D eigenvalue weighted by Gasteiger charge is -2.17. The van der Waals surface area contributed by atoms with E-state index in [1.165, 1.54) is 21.6 Å². The summed E-state index contributed by atoms with van der Waals surface area (Å²) < 4.78 is 0. The van der Waals surface area contributed by atoms with Crippen LogP contribution in [0.1, 0.15) is 42.5 Å². The highest BCUT2D eigenvalue weighted by Gasteiger charge is 2.12. The minimum atomic E-state index is 0.104. The molecule has 0 bridgehead atoms. The topological polar surface area (TPSA) is 29.1 Å². The van der Waals surface area contributed by atoms with E-state index in [4.69, 9.17) is 0 Å². The van der Waals surface area contributed by atoms with Crippen LogP contribution in [0.25, 0.3) is 0 Å². The van der Waals surface area contributed by atoms with E-state index in [1.54, 1.807) is 11.8 Å². The highest BCUT2D eigenvalue weighted by molar-refractivity contribution is 7.99. The largest absolute Gasteiger partial charge is 0.349 e. The number of hydrogen-bond donors (Lipinski definition) is 1. The first-order valence-electron chi connectivity index (χ1n) is 8.14. The molecule has 0 spiro atoms. The van der Waals surface area contributed by atoms with Crippen LogP contribution < -0.4 is 5.32 Å². The maximum atomic E-state index is 12.2. The molecule has 2 nitrogen and oxygen atoms in total. The first-order valence-corrected chi connectivity index (χ1v) is 9.12. The van der Waals surface area contributed by atoms with E-state index in [1.807, 2.05) is 0 Å². The van der Waals surface area contributed by atoms with E-state index in [0.29, 0.717) is 6.42 Å². The molecule has 3 heteroatoms. The zero-order valence-corrected chi connectivity index (χ0v) is 15.0. The van der Waals surface area contributed by atoms with E-state index < -0.39 is 0 Å². The van der Waals surface area contributed by atoms with Gasteiger partial charge in [-0.25, -0.2) is 0 Å². The van der Waals surface area contributed by atoms with E-state index >= 15 is 0 Å². The summed E-state index contributed by atoms with van der Waals surface area (Å²) >= 11 is 1.73. The Hall–Kier alpha value is -1.74. The minimum absolute atomic E-state index is 0.104. The van der Waals surface area contributed by atoms with Crippen molar-refractivity contribution in [2.24, 2.45) is 0 Å². The van der Waals surface area contributed by atoms with Crippen molar-refractivity contribution in [1.82, 2.24) is 5.32 Å². The maximum absolute atomic E-state index is 12.2. The molecule has 0 saturated heterocycles. The second-order valence-electron chi connectivity index (χ2n) is 5.85. The Morgan fingerprint density at radius 1 is 1.00 bits per heavy atom. The number of hydrogen-bond acceptors (Lipinski definition) is 2. The number of aryl methyl sites for hydroxylation is 2. The standard InChI is InChI=1S/C20H25NOS/c1-4-19(17-9-5-15(2)6-10-17)21-20(22)13-14-23-18-11-7-16(3)8-12-18/h5-12,19H,4,13-14H2,1-3H3,(H,21,22). The lowest BCUT2D eigenvalue weighted by Crippen LogP contribution is -2.28. The number of carbonyl (C=O) groups excluding carboxylic acids is 1. The molecule has 0 aliphatic carbocycles. The highest BCUT2D eigenvalue weighted by Crippen LogP contribution is 2.20. The summed E-state index contributed by atoms with van der Waals surface area (Å²) in [7, 11) is 0. The fourth-order valence-corrected chi connectivity index (χ4v) is 3.23. The molecule has 0 aliphatic heterocycles. The van der Waals surface area contributed by atoms with Crippen LogP contribution in [0.3, 0.4) is 0 Å². The molecule has 1 atom stereocenters. The summed E-state index contributed by atoms with van der Waals surface area (Å²) in [6.07, 6.45) is 1.45. The van der Waals surface area contributed by atoms with Gasteiger partial charge in [-0.3, -0.25) is 4.79 Å². The SMILES string of the molecule is CCC(NC(=O)CCSc1ccc(C)cc1)c1ccc(C)cc1. The number of amides is 1. The Bertz CT molecular complexity index is 619. The number of nitrogens with one attached hydrogen (secondary N) is 1. The van der Waals surface area contributed by atoms with E-state index in [0.717, 1.165) is 12.2 Å². The second kappa shape index (κ2) is 8.78. The monoisotopic (exact) mass is 327 g/mol. The number of rotatable bonds is 7. The summed E-state index contributed by atoms with van der Waals surface area (Å²) in [6, 6.07) is 16.9. The van der Waals surface area contributed by atoms with Crippen LogP contribution >= 0.6 is 11.8 Å². The first kappa shape index (κ1) is 17.6. The van der Waals surface area contributed by atoms with Gasteiger partial charge in [0.2, 0.25) is 5.91 Å². The molecule has 2 rings (SSSR count). The zero-order valence-electron chi connectivity index (χ0n) is 14.1. The summed E-state index contributed by atoms with van der Waals surface area (Å²) in [5, 5.41) is 3.15. The van der Waals surface area contributed by atoms with Gasteiger partial charge < -0.3 is 5.32 Å². The van der Waals surface area contributed by atoms with E-state index in [2.05, 4.69) is 74.6 Å². The fourth-order valence-electron chi connectivity index (χ4n) is 2.38. The zero-order chi connectivity index (χ0) is 16.7. The molecule has 0 radical (unpaired) electrons. The smallest absolute Gasteiger partial charge is 0.221 e. The average Bonchev–Trinajstić information content (AvgIpc) is 2.55. The lowest BCUT2D eigenvalue weighted by atomic mass is 10.0. The van der Waals surface area contributed by atoms with Gasteiger partial charge in [-0.15, -0.1) is 11.8 Å². The van der Waals surface area contributed by atoms with Gasteiger partial charge in [0, 0.05) is 17.1 Å². The number of carbonyl (C=O) groups is 1. The molecule has 2 aromatic carbocycles. The Morgan fingerprint density at radius 3 is 2.13 bits per heavy atom. The van der Waals surface area contributed by atoms with Gasteiger partial charge >= 0.3 is 0 Å². The van der Waals surface area contributed by atoms with Crippen LogP contribution in [0.5, 0.6) is 0 Å². The van der Waals surface area contributed by atoms with Crippen molar-refractivity contribution in [1.29, 1.82) is 0 Å². The Labute approximate surface area is 143 Å². The number of thioether (sulfide) groups is 1.